The number of rotatable bonds is 11. The number of aromatic nitrogens is 3. The Morgan fingerprint density at radius 3 is 2.56 bits per heavy atom. The van der Waals surface area contributed by atoms with Gasteiger partial charge in [0.25, 0.3) is 0 Å². The Hall–Kier alpha value is -1.88. The molecule has 0 atom stereocenters. The second-order valence-corrected chi connectivity index (χ2v) is 6.79. The van der Waals surface area contributed by atoms with Crippen LogP contribution in [0.25, 0.3) is 0 Å². The standard InChI is InChI=1S/C20H32N4O/c1-5-12-24(13-6-2)15-20-21-19(22-23-20)11-10-17-8-7-9-18(14-17)25-16(3)4/h7-9,14,16H,5-6,10-13,15H2,1-4H3,(H,21,22,23). The van der Waals surface area contributed by atoms with Crippen LogP contribution >= 0.6 is 0 Å². The molecule has 2 aromatic rings. The minimum atomic E-state index is 0.194. The van der Waals surface area contributed by atoms with E-state index in [0.717, 1.165) is 62.7 Å². The van der Waals surface area contributed by atoms with Gasteiger partial charge in [-0.3, -0.25) is 10.00 Å². The Bertz CT molecular complexity index is 618. The van der Waals surface area contributed by atoms with Crippen molar-refractivity contribution in [1.29, 1.82) is 0 Å². The minimum absolute atomic E-state index is 0.194. The molecular formula is C20H32N4O. The Morgan fingerprint density at radius 2 is 1.88 bits per heavy atom. The van der Waals surface area contributed by atoms with Crippen LogP contribution in [0.3, 0.4) is 0 Å². The molecule has 0 radical (unpaired) electrons. The summed E-state index contributed by atoms with van der Waals surface area (Å²) in [4.78, 5) is 7.09. The van der Waals surface area contributed by atoms with E-state index < -0.39 is 0 Å². The van der Waals surface area contributed by atoms with Gasteiger partial charge in [-0.05, 0) is 63.9 Å². The highest BCUT2D eigenvalue weighted by molar-refractivity contribution is 5.29. The summed E-state index contributed by atoms with van der Waals surface area (Å²) in [5.41, 5.74) is 1.25. The smallest absolute Gasteiger partial charge is 0.151 e. The van der Waals surface area contributed by atoms with Crippen molar-refractivity contribution < 1.29 is 4.74 Å². The Balaban J connectivity index is 1.88. The quantitative estimate of drug-likeness (QED) is 0.669. The second kappa shape index (κ2) is 10.2. The maximum Gasteiger partial charge on any atom is 0.151 e. The third-order valence-corrected chi connectivity index (χ3v) is 3.94. The molecule has 0 aliphatic heterocycles. The van der Waals surface area contributed by atoms with Crippen LogP contribution < -0.4 is 4.74 Å². The SMILES string of the molecule is CCCN(CCC)Cc1nc(CCc2cccc(OC(C)C)c2)n[nH]1. The molecule has 5 nitrogen and oxygen atoms in total. The summed E-state index contributed by atoms with van der Waals surface area (Å²) in [6, 6.07) is 8.29. The lowest BCUT2D eigenvalue weighted by atomic mass is 10.1. The minimum Gasteiger partial charge on any atom is -0.491 e. The van der Waals surface area contributed by atoms with E-state index in [-0.39, 0.29) is 6.10 Å². The third kappa shape index (κ3) is 6.86. The number of aryl methyl sites for hydroxylation is 2. The molecule has 25 heavy (non-hydrogen) atoms. The van der Waals surface area contributed by atoms with Crippen molar-refractivity contribution in [3.63, 3.8) is 0 Å². The van der Waals surface area contributed by atoms with Gasteiger partial charge in [0.2, 0.25) is 0 Å². The van der Waals surface area contributed by atoms with Crippen molar-refractivity contribution in [1.82, 2.24) is 20.1 Å². The predicted molar refractivity (Wildman–Crippen MR) is 102 cm³/mol. The largest absolute Gasteiger partial charge is 0.491 e. The number of ether oxygens (including phenoxy) is 1. The molecule has 0 bridgehead atoms. The molecule has 2 rings (SSSR count). The average molecular weight is 345 g/mol. The molecule has 138 valence electrons. The van der Waals surface area contributed by atoms with Crippen molar-refractivity contribution >= 4 is 0 Å². The third-order valence-electron chi connectivity index (χ3n) is 3.94. The lowest BCUT2D eigenvalue weighted by Crippen LogP contribution is -2.25. The lowest BCUT2D eigenvalue weighted by Gasteiger charge is -2.18. The van der Waals surface area contributed by atoms with Crippen LogP contribution in [-0.2, 0) is 19.4 Å². The van der Waals surface area contributed by atoms with E-state index in [9.17, 15) is 0 Å². The van der Waals surface area contributed by atoms with Gasteiger partial charge in [0, 0.05) is 6.42 Å². The van der Waals surface area contributed by atoms with Gasteiger partial charge >= 0.3 is 0 Å². The topological polar surface area (TPSA) is 54.0 Å². The molecular weight excluding hydrogens is 312 g/mol. The van der Waals surface area contributed by atoms with Gasteiger partial charge in [-0.1, -0.05) is 26.0 Å². The molecule has 0 amide bonds. The van der Waals surface area contributed by atoms with Gasteiger partial charge in [-0.2, -0.15) is 5.10 Å². The molecule has 0 unspecified atom stereocenters. The van der Waals surface area contributed by atoms with Crippen LogP contribution in [0.2, 0.25) is 0 Å². The van der Waals surface area contributed by atoms with Crippen molar-refractivity contribution in [2.24, 2.45) is 0 Å². The molecule has 0 aliphatic rings. The number of nitrogens with one attached hydrogen (secondary N) is 1. The fourth-order valence-electron chi connectivity index (χ4n) is 2.93. The van der Waals surface area contributed by atoms with Crippen molar-refractivity contribution in [2.75, 3.05) is 13.1 Å². The highest BCUT2D eigenvalue weighted by Gasteiger charge is 2.09. The van der Waals surface area contributed by atoms with Crippen LogP contribution in [0.5, 0.6) is 5.75 Å². The summed E-state index contributed by atoms with van der Waals surface area (Å²) >= 11 is 0. The monoisotopic (exact) mass is 344 g/mol. The summed E-state index contributed by atoms with van der Waals surface area (Å²) in [7, 11) is 0. The Labute approximate surface area is 151 Å². The van der Waals surface area contributed by atoms with E-state index in [2.05, 4.69) is 46.1 Å². The van der Waals surface area contributed by atoms with E-state index in [0.29, 0.717) is 0 Å². The number of benzene rings is 1. The molecule has 1 N–H and O–H groups in total. The van der Waals surface area contributed by atoms with E-state index in [1.807, 2.05) is 26.0 Å². The van der Waals surface area contributed by atoms with Gasteiger partial charge in [0.15, 0.2) is 5.82 Å². The van der Waals surface area contributed by atoms with Gasteiger partial charge in [-0.25, -0.2) is 4.98 Å². The average Bonchev–Trinajstić information content (AvgIpc) is 3.01. The summed E-state index contributed by atoms with van der Waals surface area (Å²) in [5.74, 6) is 2.78. The molecule has 0 fully saturated rings. The van der Waals surface area contributed by atoms with Gasteiger partial charge in [0.1, 0.15) is 11.6 Å². The van der Waals surface area contributed by atoms with Crippen LogP contribution in [-0.4, -0.2) is 39.3 Å². The number of H-pyrrole nitrogens is 1. The number of nitrogens with zero attached hydrogens (tertiary/aromatic N) is 3. The van der Waals surface area contributed by atoms with E-state index in [1.54, 1.807) is 0 Å². The van der Waals surface area contributed by atoms with Crippen LogP contribution in [0.4, 0.5) is 0 Å². The Morgan fingerprint density at radius 1 is 1.12 bits per heavy atom. The fraction of sp³-hybridized carbons (Fsp3) is 0.600. The predicted octanol–water partition coefficient (Wildman–Crippen LogP) is 4.00. The molecule has 0 saturated carbocycles. The zero-order chi connectivity index (χ0) is 18.1. The van der Waals surface area contributed by atoms with Crippen LogP contribution in [0.15, 0.2) is 24.3 Å². The fourth-order valence-corrected chi connectivity index (χ4v) is 2.93. The first kappa shape index (κ1) is 19.4. The van der Waals surface area contributed by atoms with Gasteiger partial charge in [-0.15, -0.1) is 0 Å². The molecule has 0 spiro atoms. The van der Waals surface area contributed by atoms with Crippen molar-refractivity contribution in [2.45, 2.75) is 66.0 Å². The molecule has 5 heteroatoms. The number of hydrogen-bond acceptors (Lipinski definition) is 4. The summed E-state index contributed by atoms with van der Waals surface area (Å²) in [5, 5.41) is 7.48. The first-order chi connectivity index (χ1) is 12.1. The maximum absolute atomic E-state index is 5.76. The molecule has 1 aromatic heterocycles. The first-order valence-electron chi connectivity index (χ1n) is 9.48. The highest BCUT2D eigenvalue weighted by Crippen LogP contribution is 2.16. The summed E-state index contributed by atoms with van der Waals surface area (Å²) in [6.45, 7) is 11.6. The maximum atomic E-state index is 5.76. The molecule has 1 aromatic carbocycles. The van der Waals surface area contributed by atoms with Crippen molar-refractivity contribution in [3.8, 4) is 5.75 Å². The van der Waals surface area contributed by atoms with E-state index in [4.69, 9.17) is 4.74 Å². The summed E-state index contributed by atoms with van der Waals surface area (Å²) in [6.07, 6.45) is 4.27. The molecule has 0 saturated heterocycles. The zero-order valence-electron chi connectivity index (χ0n) is 16.1. The zero-order valence-corrected chi connectivity index (χ0v) is 16.1. The van der Waals surface area contributed by atoms with Crippen molar-refractivity contribution in [3.05, 3.63) is 41.5 Å². The molecule has 1 heterocycles. The van der Waals surface area contributed by atoms with Crippen LogP contribution in [0.1, 0.15) is 57.7 Å². The van der Waals surface area contributed by atoms with E-state index >= 15 is 0 Å². The second-order valence-electron chi connectivity index (χ2n) is 6.79. The normalized spacial score (nSPS) is 11.4. The molecule has 0 aliphatic carbocycles. The van der Waals surface area contributed by atoms with Crippen LogP contribution in [0, 0.1) is 0 Å². The summed E-state index contributed by atoms with van der Waals surface area (Å²) < 4.78 is 5.76. The van der Waals surface area contributed by atoms with E-state index in [1.165, 1.54) is 5.56 Å². The number of aromatic amines is 1. The van der Waals surface area contributed by atoms with Gasteiger partial charge < -0.3 is 4.74 Å². The Kier molecular flexibility index (Phi) is 7.92. The highest BCUT2D eigenvalue weighted by atomic mass is 16.5. The van der Waals surface area contributed by atoms with Gasteiger partial charge in [0.05, 0.1) is 12.6 Å². The lowest BCUT2D eigenvalue weighted by molar-refractivity contribution is 0.242. The number of hydrogen-bond donors (Lipinski definition) is 1. The first-order valence-corrected chi connectivity index (χ1v) is 9.48.